The Morgan fingerprint density at radius 3 is 2.45 bits per heavy atom. The number of piperidine rings is 1. The van der Waals surface area contributed by atoms with Crippen LogP contribution < -0.4 is 5.73 Å². The number of carbonyl (C=O) groups excluding carboxylic acids is 1. The molecule has 3 heteroatoms. The van der Waals surface area contributed by atoms with Crippen molar-refractivity contribution < 1.29 is 4.79 Å². The van der Waals surface area contributed by atoms with Gasteiger partial charge in [0.15, 0.2) is 0 Å². The van der Waals surface area contributed by atoms with Crippen LogP contribution in [0.2, 0.25) is 0 Å². The fraction of sp³-hybridized carbons (Fsp3) is 0.316. The minimum Gasteiger partial charge on any atom is -0.398 e. The first kappa shape index (κ1) is 14.6. The molecule has 0 radical (unpaired) electrons. The van der Waals surface area contributed by atoms with E-state index < -0.39 is 0 Å². The number of hydrogen-bond donors (Lipinski definition) is 1. The number of likely N-dealkylation sites (tertiary alicyclic amines) is 1. The van der Waals surface area contributed by atoms with Crippen LogP contribution in [0.5, 0.6) is 0 Å². The van der Waals surface area contributed by atoms with Crippen molar-refractivity contribution in [2.75, 3.05) is 18.8 Å². The predicted molar refractivity (Wildman–Crippen MR) is 89.7 cm³/mol. The molecular formula is C19H22N2O. The maximum absolute atomic E-state index is 12.7. The molecule has 1 amide bonds. The molecule has 1 aliphatic rings. The lowest BCUT2D eigenvalue weighted by Gasteiger charge is -2.37. The van der Waals surface area contributed by atoms with Gasteiger partial charge in [-0.1, -0.05) is 49.4 Å². The van der Waals surface area contributed by atoms with Crippen molar-refractivity contribution in [3.05, 3.63) is 65.7 Å². The molecule has 2 unspecified atom stereocenters. The van der Waals surface area contributed by atoms with Crippen molar-refractivity contribution in [1.82, 2.24) is 4.90 Å². The van der Waals surface area contributed by atoms with Crippen LogP contribution in [0.15, 0.2) is 54.6 Å². The van der Waals surface area contributed by atoms with Crippen LogP contribution in [-0.2, 0) is 0 Å². The van der Waals surface area contributed by atoms with E-state index in [0.717, 1.165) is 19.5 Å². The van der Waals surface area contributed by atoms with E-state index in [1.165, 1.54) is 5.56 Å². The maximum Gasteiger partial charge on any atom is 0.255 e. The van der Waals surface area contributed by atoms with Gasteiger partial charge in [0.25, 0.3) is 5.91 Å². The van der Waals surface area contributed by atoms with E-state index in [9.17, 15) is 4.79 Å². The molecule has 2 N–H and O–H groups in total. The highest BCUT2D eigenvalue weighted by molar-refractivity contribution is 5.99. The highest BCUT2D eigenvalue weighted by Crippen LogP contribution is 2.33. The van der Waals surface area contributed by atoms with Gasteiger partial charge in [0.2, 0.25) is 0 Å². The van der Waals surface area contributed by atoms with Crippen LogP contribution in [-0.4, -0.2) is 23.9 Å². The number of benzene rings is 2. The Morgan fingerprint density at radius 2 is 1.77 bits per heavy atom. The molecule has 1 saturated heterocycles. The number of para-hydroxylation sites is 1. The van der Waals surface area contributed by atoms with Crippen LogP contribution in [0.25, 0.3) is 0 Å². The van der Waals surface area contributed by atoms with Crippen LogP contribution in [0.1, 0.15) is 35.2 Å². The van der Waals surface area contributed by atoms with E-state index in [0.29, 0.717) is 23.1 Å². The van der Waals surface area contributed by atoms with Crippen LogP contribution in [0.4, 0.5) is 5.69 Å². The van der Waals surface area contributed by atoms with E-state index in [-0.39, 0.29) is 5.91 Å². The van der Waals surface area contributed by atoms with Crippen molar-refractivity contribution in [3.63, 3.8) is 0 Å². The summed E-state index contributed by atoms with van der Waals surface area (Å²) in [5.74, 6) is 1.03. The summed E-state index contributed by atoms with van der Waals surface area (Å²) in [7, 11) is 0. The zero-order valence-electron chi connectivity index (χ0n) is 12.9. The Balaban J connectivity index is 1.73. The smallest absolute Gasteiger partial charge is 0.255 e. The maximum atomic E-state index is 12.7. The lowest BCUT2D eigenvalue weighted by molar-refractivity contribution is 0.0662. The first-order valence-electron chi connectivity index (χ1n) is 7.85. The van der Waals surface area contributed by atoms with Crippen LogP contribution in [0, 0.1) is 5.92 Å². The molecule has 1 heterocycles. The molecule has 1 aliphatic heterocycles. The van der Waals surface area contributed by atoms with Gasteiger partial charge in [0.05, 0.1) is 5.56 Å². The number of nitrogen functional groups attached to an aromatic ring is 1. The van der Waals surface area contributed by atoms with Crippen molar-refractivity contribution in [2.24, 2.45) is 5.92 Å². The Labute approximate surface area is 131 Å². The number of anilines is 1. The predicted octanol–water partition coefficient (Wildman–Crippen LogP) is 3.53. The molecule has 0 spiro atoms. The molecule has 0 aromatic heterocycles. The van der Waals surface area contributed by atoms with Crippen molar-refractivity contribution in [1.29, 1.82) is 0 Å². The molecule has 3 rings (SSSR count). The van der Waals surface area contributed by atoms with E-state index in [2.05, 4.69) is 31.2 Å². The zero-order chi connectivity index (χ0) is 15.5. The molecule has 114 valence electrons. The summed E-state index contributed by atoms with van der Waals surface area (Å²) in [5.41, 5.74) is 8.49. The lowest BCUT2D eigenvalue weighted by Crippen LogP contribution is -2.42. The zero-order valence-corrected chi connectivity index (χ0v) is 12.9. The number of nitrogens with zero attached hydrogens (tertiary/aromatic N) is 1. The Morgan fingerprint density at radius 1 is 1.09 bits per heavy atom. The number of nitrogens with two attached hydrogens (primary N) is 1. The fourth-order valence-corrected chi connectivity index (χ4v) is 3.39. The van der Waals surface area contributed by atoms with Gasteiger partial charge in [0.1, 0.15) is 0 Å². The van der Waals surface area contributed by atoms with Gasteiger partial charge in [0, 0.05) is 18.8 Å². The Bertz CT molecular complexity index is 653. The molecule has 0 saturated carbocycles. The molecule has 22 heavy (non-hydrogen) atoms. The molecule has 1 fully saturated rings. The number of carbonyl (C=O) groups is 1. The van der Waals surface area contributed by atoms with E-state index in [1.807, 2.05) is 29.2 Å². The third-order valence-corrected chi connectivity index (χ3v) is 4.61. The summed E-state index contributed by atoms with van der Waals surface area (Å²) in [6, 6.07) is 17.9. The van der Waals surface area contributed by atoms with Gasteiger partial charge in [-0.15, -0.1) is 0 Å². The molecule has 2 atom stereocenters. The molecule has 0 aliphatic carbocycles. The summed E-state index contributed by atoms with van der Waals surface area (Å²) < 4.78 is 0. The molecule has 3 nitrogen and oxygen atoms in total. The quantitative estimate of drug-likeness (QED) is 0.861. The fourth-order valence-electron chi connectivity index (χ4n) is 3.39. The van der Waals surface area contributed by atoms with Crippen molar-refractivity contribution in [2.45, 2.75) is 19.3 Å². The summed E-state index contributed by atoms with van der Waals surface area (Å²) >= 11 is 0. The minimum absolute atomic E-state index is 0.0523. The van der Waals surface area contributed by atoms with Gasteiger partial charge in [-0.05, 0) is 36.0 Å². The summed E-state index contributed by atoms with van der Waals surface area (Å²) in [6.45, 7) is 3.80. The summed E-state index contributed by atoms with van der Waals surface area (Å²) in [5, 5.41) is 0. The molecular weight excluding hydrogens is 272 g/mol. The van der Waals surface area contributed by atoms with Gasteiger partial charge >= 0.3 is 0 Å². The van der Waals surface area contributed by atoms with Crippen LogP contribution >= 0.6 is 0 Å². The second kappa shape index (κ2) is 6.22. The number of amides is 1. The Kier molecular flexibility index (Phi) is 4.14. The third-order valence-electron chi connectivity index (χ3n) is 4.61. The Hall–Kier alpha value is -2.29. The first-order valence-corrected chi connectivity index (χ1v) is 7.85. The average Bonchev–Trinajstić information content (AvgIpc) is 2.55. The average molecular weight is 294 g/mol. The SMILES string of the molecule is CC1CN(C(=O)c2ccccc2N)CCC1c1ccccc1. The topological polar surface area (TPSA) is 46.3 Å². The van der Waals surface area contributed by atoms with E-state index in [1.54, 1.807) is 6.07 Å². The highest BCUT2D eigenvalue weighted by atomic mass is 16.2. The second-order valence-electron chi connectivity index (χ2n) is 6.12. The highest BCUT2D eigenvalue weighted by Gasteiger charge is 2.30. The standard InChI is InChI=1S/C19H22N2O/c1-14-13-21(19(22)17-9-5-6-10-18(17)20)12-11-16(14)15-7-3-2-4-8-15/h2-10,14,16H,11-13,20H2,1H3. The summed E-state index contributed by atoms with van der Waals surface area (Å²) in [6.07, 6.45) is 1.00. The van der Waals surface area contributed by atoms with Crippen molar-refractivity contribution in [3.8, 4) is 0 Å². The first-order chi connectivity index (χ1) is 10.7. The van der Waals surface area contributed by atoms with Crippen molar-refractivity contribution >= 4 is 11.6 Å². The second-order valence-corrected chi connectivity index (χ2v) is 6.12. The normalized spacial score (nSPS) is 21.6. The monoisotopic (exact) mass is 294 g/mol. The minimum atomic E-state index is 0.0523. The number of hydrogen-bond acceptors (Lipinski definition) is 2. The third kappa shape index (κ3) is 2.84. The summed E-state index contributed by atoms with van der Waals surface area (Å²) in [4.78, 5) is 14.6. The van der Waals surface area contributed by atoms with Gasteiger partial charge in [-0.2, -0.15) is 0 Å². The van der Waals surface area contributed by atoms with E-state index >= 15 is 0 Å². The lowest BCUT2D eigenvalue weighted by atomic mass is 9.81. The van der Waals surface area contributed by atoms with Gasteiger partial charge in [-0.25, -0.2) is 0 Å². The van der Waals surface area contributed by atoms with E-state index in [4.69, 9.17) is 5.73 Å². The number of rotatable bonds is 2. The molecule has 2 aromatic rings. The largest absolute Gasteiger partial charge is 0.398 e. The van der Waals surface area contributed by atoms with Gasteiger partial charge in [-0.3, -0.25) is 4.79 Å². The molecule has 0 bridgehead atoms. The van der Waals surface area contributed by atoms with Crippen LogP contribution in [0.3, 0.4) is 0 Å². The van der Waals surface area contributed by atoms with Gasteiger partial charge < -0.3 is 10.6 Å². The molecule has 2 aromatic carbocycles.